The molecule has 20 heavy (non-hydrogen) atoms. The van der Waals surface area contributed by atoms with E-state index in [1.54, 1.807) is 7.11 Å². The van der Waals surface area contributed by atoms with Gasteiger partial charge in [0.05, 0.1) is 11.6 Å². The van der Waals surface area contributed by atoms with Gasteiger partial charge in [-0.3, -0.25) is 9.69 Å². The predicted octanol–water partition coefficient (Wildman–Crippen LogP) is 0.0485. The zero-order chi connectivity index (χ0) is 14.4. The number of methoxy groups -OCH3 is 1. The highest BCUT2D eigenvalue weighted by atomic mass is 32.1. The van der Waals surface area contributed by atoms with E-state index in [0.717, 1.165) is 50.8 Å². The van der Waals surface area contributed by atoms with Crippen LogP contribution in [0.3, 0.4) is 0 Å². The summed E-state index contributed by atoms with van der Waals surface area (Å²) in [6, 6.07) is 0. The summed E-state index contributed by atoms with van der Waals surface area (Å²) in [6.45, 7) is 5.54. The molecule has 0 unspecified atom stereocenters. The summed E-state index contributed by atoms with van der Waals surface area (Å²) in [5.74, 6) is 0.0379. The second-order valence-electron chi connectivity index (χ2n) is 4.79. The monoisotopic (exact) mass is 298 g/mol. The molecule has 0 aliphatic carbocycles. The number of amides is 1. The molecule has 0 atom stereocenters. The van der Waals surface area contributed by atoms with Crippen molar-refractivity contribution in [3.63, 3.8) is 0 Å². The largest absolute Gasteiger partial charge is 0.383 e. The molecule has 0 aromatic carbocycles. The first-order chi connectivity index (χ1) is 9.74. The summed E-state index contributed by atoms with van der Waals surface area (Å²) in [5.41, 5.74) is 6.06. The highest BCUT2D eigenvalue weighted by Gasteiger charge is 2.23. The minimum absolute atomic E-state index is 0.0379. The molecule has 6 nitrogen and oxygen atoms in total. The van der Waals surface area contributed by atoms with Gasteiger partial charge in [0.2, 0.25) is 0 Å². The normalized spacial score (nSPS) is 16.6. The fourth-order valence-corrected chi connectivity index (χ4v) is 2.99. The molecular formula is C13H22N4O2S. The van der Waals surface area contributed by atoms with E-state index in [1.165, 1.54) is 11.3 Å². The van der Waals surface area contributed by atoms with Gasteiger partial charge in [-0.25, -0.2) is 4.98 Å². The van der Waals surface area contributed by atoms with Gasteiger partial charge in [0.15, 0.2) is 0 Å². The first-order valence-electron chi connectivity index (χ1n) is 6.89. The number of carbonyl (C=O) groups excluding carboxylic acids is 1. The van der Waals surface area contributed by atoms with E-state index in [2.05, 4.69) is 9.88 Å². The Bertz CT molecular complexity index is 430. The summed E-state index contributed by atoms with van der Waals surface area (Å²) < 4.78 is 5.07. The smallest absolute Gasteiger partial charge is 0.273 e. The van der Waals surface area contributed by atoms with Crippen LogP contribution in [0.15, 0.2) is 5.38 Å². The van der Waals surface area contributed by atoms with Crippen molar-refractivity contribution in [2.45, 2.75) is 6.42 Å². The number of aromatic nitrogens is 1. The first kappa shape index (κ1) is 15.4. The SMILES string of the molecule is COCCN1CCN(C(=O)c2csc(CCN)n2)CC1. The van der Waals surface area contributed by atoms with E-state index in [1.807, 2.05) is 10.3 Å². The lowest BCUT2D eigenvalue weighted by Crippen LogP contribution is -2.49. The molecule has 0 spiro atoms. The van der Waals surface area contributed by atoms with Crippen LogP contribution in [-0.4, -0.2) is 73.7 Å². The van der Waals surface area contributed by atoms with Gasteiger partial charge in [0.25, 0.3) is 5.91 Å². The fraction of sp³-hybridized carbons (Fsp3) is 0.692. The molecule has 2 heterocycles. The zero-order valence-electron chi connectivity index (χ0n) is 11.9. The van der Waals surface area contributed by atoms with Crippen LogP contribution in [0, 0.1) is 0 Å². The average Bonchev–Trinajstić information content (AvgIpc) is 2.94. The van der Waals surface area contributed by atoms with Gasteiger partial charge >= 0.3 is 0 Å². The van der Waals surface area contributed by atoms with E-state index in [9.17, 15) is 4.79 Å². The third-order valence-corrected chi connectivity index (χ3v) is 4.31. The number of hydrogen-bond acceptors (Lipinski definition) is 6. The van der Waals surface area contributed by atoms with Crippen molar-refractivity contribution < 1.29 is 9.53 Å². The Labute approximate surface area is 123 Å². The van der Waals surface area contributed by atoms with Crippen molar-refractivity contribution in [3.05, 3.63) is 16.1 Å². The summed E-state index contributed by atoms with van der Waals surface area (Å²) in [5, 5.41) is 2.78. The molecule has 1 aromatic rings. The maximum Gasteiger partial charge on any atom is 0.273 e. The topological polar surface area (TPSA) is 71.7 Å². The van der Waals surface area contributed by atoms with E-state index < -0.39 is 0 Å². The number of nitrogens with zero attached hydrogens (tertiary/aromatic N) is 3. The minimum Gasteiger partial charge on any atom is -0.383 e. The third-order valence-electron chi connectivity index (χ3n) is 3.40. The molecule has 112 valence electrons. The Morgan fingerprint density at radius 3 is 2.85 bits per heavy atom. The third kappa shape index (κ3) is 3.99. The van der Waals surface area contributed by atoms with Crippen molar-refractivity contribution in [3.8, 4) is 0 Å². The van der Waals surface area contributed by atoms with Crippen molar-refractivity contribution in [1.82, 2.24) is 14.8 Å². The Balaban J connectivity index is 1.84. The predicted molar refractivity (Wildman–Crippen MR) is 79.1 cm³/mol. The van der Waals surface area contributed by atoms with E-state index >= 15 is 0 Å². The molecule has 1 aliphatic rings. The van der Waals surface area contributed by atoms with Crippen molar-refractivity contribution in [1.29, 1.82) is 0 Å². The lowest BCUT2D eigenvalue weighted by Gasteiger charge is -2.34. The number of nitrogens with two attached hydrogens (primary N) is 1. The van der Waals surface area contributed by atoms with Crippen LogP contribution in [0.4, 0.5) is 0 Å². The van der Waals surface area contributed by atoms with Gasteiger partial charge in [-0.15, -0.1) is 11.3 Å². The van der Waals surface area contributed by atoms with Crippen LogP contribution in [0.5, 0.6) is 0 Å². The highest BCUT2D eigenvalue weighted by Crippen LogP contribution is 2.13. The number of hydrogen-bond donors (Lipinski definition) is 1. The van der Waals surface area contributed by atoms with Gasteiger partial charge in [-0.05, 0) is 6.54 Å². The van der Waals surface area contributed by atoms with Crippen molar-refractivity contribution in [2.75, 3.05) is 53.0 Å². The number of ether oxygens (including phenoxy) is 1. The Kier molecular flexibility index (Phi) is 5.90. The van der Waals surface area contributed by atoms with Gasteiger partial charge in [-0.1, -0.05) is 0 Å². The van der Waals surface area contributed by atoms with Crippen LogP contribution in [0.2, 0.25) is 0 Å². The van der Waals surface area contributed by atoms with Crippen LogP contribution < -0.4 is 5.73 Å². The van der Waals surface area contributed by atoms with Crippen LogP contribution in [0.25, 0.3) is 0 Å². The molecule has 2 N–H and O–H groups in total. The number of piperazine rings is 1. The van der Waals surface area contributed by atoms with E-state index in [4.69, 9.17) is 10.5 Å². The van der Waals surface area contributed by atoms with Gasteiger partial charge < -0.3 is 15.4 Å². The Morgan fingerprint density at radius 2 is 2.20 bits per heavy atom. The highest BCUT2D eigenvalue weighted by molar-refractivity contribution is 7.09. The maximum absolute atomic E-state index is 12.3. The fourth-order valence-electron chi connectivity index (χ4n) is 2.20. The number of rotatable bonds is 6. The van der Waals surface area contributed by atoms with Crippen molar-refractivity contribution in [2.24, 2.45) is 5.73 Å². The lowest BCUT2D eigenvalue weighted by molar-refractivity contribution is 0.0589. The zero-order valence-corrected chi connectivity index (χ0v) is 12.7. The van der Waals surface area contributed by atoms with Gasteiger partial charge in [0.1, 0.15) is 5.69 Å². The molecule has 1 aliphatic heterocycles. The second-order valence-corrected chi connectivity index (χ2v) is 5.73. The Hall–Kier alpha value is -1.02. The summed E-state index contributed by atoms with van der Waals surface area (Å²) in [7, 11) is 1.71. The van der Waals surface area contributed by atoms with Crippen molar-refractivity contribution >= 4 is 17.2 Å². The quantitative estimate of drug-likeness (QED) is 0.803. The molecule has 0 bridgehead atoms. The molecule has 0 saturated carbocycles. The van der Waals surface area contributed by atoms with Crippen LogP contribution in [-0.2, 0) is 11.2 Å². The maximum atomic E-state index is 12.3. The summed E-state index contributed by atoms with van der Waals surface area (Å²) in [6.07, 6.45) is 0.739. The summed E-state index contributed by atoms with van der Waals surface area (Å²) >= 11 is 1.51. The Morgan fingerprint density at radius 1 is 1.45 bits per heavy atom. The molecule has 7 heteroatoms. The molecule has 1 saturated heterocycles. The molecule has 0 radical (unpaired) electrons. The number of carbonyl (C=O) groups is 1. The second kappa shape index (κ2) is 7.68. The number of thiazole rings is 1. The average molecular weight is 298 g/mol. The summed E-state index contributed by atoms with van der Waals surface area (Å²) in [4.78, 5) is 20.9. The molecule has 1 amide bonds. The molecule has 2 rings (SSSR count). The van der Waals surface area contributed by atoms with E-state index in [0.29, 0.717) is 12.2 Å². The molecule has 1 fully saturated rings. The molecular weight excluding hydrogens is 276 g/mol. The van der Waals surface area contributed by atoms with Crippen LogP contribution in [0.1, 0.15) is 15.5 Å². The van der Waals surface area contributed by atoms with Crippen LogP contribution >= 0.6 is 11.3 Å². The standard InChI is InChI=1S/C13H22N4O2S/c1-19-9-8-16-4-6-17(7-5-16)13(18)11-10-20-12(15-11)2-3-14/h10H,2-9,14H2,1H3. The van der Waals surface area contributed by atoms with Gasteiger partial charge in [-0.2, -0.15) is 0 Å². The first-order valence-corrected chi connectivity index (χ1v) is 7.77. The lowest BCUT2D eigenvalue weighted by atomic mass is 10.3. The van der Waals surface area contributed by atoms with Gasteiger partial charge in [0, 0.05) is 51.6 Å². The van der Waals surface area contributed by atoms with E-state index in [-0.39, 0.29) is 5.91 Å². The molecule has 1 aromatic heterocycles. The minimum atomic E-state index is 0.0379.